The molecule has 2 nitrogen and oxygen atoms in total. The molecule has 4 fully saturated rings. The highest BCUT2D eigenvalue weighted by Crippen LogP contribution is 2.52. The Labute approximate surface area is 109 Å². The minimum absolute atomic E-state index is 0.123. The van der Waals surface area contributed by atoms with E-state index in [9.17, 15) is 4.79 Å². The van der Waals surface area contributed by atoms with Gasteiger partial charge in [0.05, 0.1) is 12.5 Å². The summed E-state index contributed by atoms with van der Waals surface area (Å²) < 4.78 is 5.62. The first kappa shape index (κ1) is 11.3. The highest BCUT2D eigenvalue weighted by Gasteiger charge is 2.45. The van der Waals surface area contributed by atoms with Crippen LogP contribution in [0.1, 0.15) is 51.4 Å². The lowest BCUT2D eigenvalue weighted by Crippen LogP contribution is -2.25. The first-order valence-electron chi connectivity index (χ1n) is 7.96. The summed E-state index contributed by atoms with van der Waals surface area (Å²) in [5.74, 6) is 4.92. The number of hydrogen-bond donors (Lipinski definition) is 0. The molecular formula is C16H24O2. The van der Waals surface area contributed by atoms with Gasteiger partial charge in [-0.25, -0.2) is 0 Å². The van der Waals surface area contributed by atoms with Gasteiger partial charge < -0.3 is 4.74 Å². The van der Waals surface area contributed by atoms with Crippen molar-refractivity contribution in [3.63, 3.8) is 0 Å². The maximum absolute atomic E-state index is 12.1. The van der Waals surface area contributed by atoms with Gasteiger partial charge in [-0.2, -0.15) is 0 Å². The van der Waals surface area contributed by atoms with Crippen LogP contribution in [0.3, 0.4) is 0 Å². The Bertz CT molecular complexity index is 351. The lowest BCUT2D eigenvalue weighted by Gasteiger charge is -2.24. The zero-order valence-electron chi connectivity index (χ0n) is 11.1. The van der Waals surface area contributed by atoms with Crippen molar-refractivity contribution >= 4 is 5.97 Å². The van der Waals surface area contributed by atoms with Crippen LogP contribution in [0.25, 0.3) is 0 Å². The first-order chi connectivity index (χ1) is 8.79. The molecule has 0 aromatic heterocycles. The largest absolute Gasteiger partial charge is 0.465 e. The van der Waals surface area contributed by atoms with E-state index in [0.717, 1.165) is 36.5 Å². The fourth-order valence-corrected chi connectivity index (χ4v) is 4.48. The molecule has 0 aromatic carbocycles. The van der Waals surface area contributed by atoms with Crippen molar-refractivity contribution < 1.29 is 9.53 Å². The Hall–Kier alpha value is -0.530. The monoisotopic (exact) mass is 248 g/mol. The second kappa shape index (κ2) is 4.25. The lowest BCUT2D eigenvalue weighted by molar-refractivity contribution is -0.151. The topological polar surface area (TPSA) is 26.3 Å². The molecule has 0 aromatic rings. The molecule has 4 aliphatic carbocycles. The highest BCUT2D eigenvalue weighted by molar-refractivity contribution is 5.72. The number of esters is 1. The summed E-state index contributed by atoms with van der Waals surface area (Å²) in [4.78, 5) is 12.1. The van der Waals surface area contributed by atoms with Crippen LogP contribution in [0.15, 0.2) is 0 Å². The summed E-state index contributed by atoms with van der Waals surface area (Å²) >= 11 is 0. The SMILES string of the molecule is O=C(OCC1CCC2CC2C1)C1CCC2CC2C1. The van der Waals surface area contributed by atoms with Gasteiger partial charge in [0.25, 0.3) is 0 Å². The fourth-order valence-electron chi connectivity index (χ4n) is 4.48. The zero-order chi connectivity index (χ0) is 12.1. The molecule has 4 aliphatic rings. The van der Waals surface area contributed by atoms with Crippen LogP contribution in [0.5, 0.6) is 0 Å². The van der Waals surface area contributed by atoms with Gasteiger partial charge in [-0.15, -0.1) is 0 Å². The van der Waals surface area contributed by atoms with Crippen molar-refractivity contribution in [2.24, 2.45) is 35.5 Å². The number of fused-ring (bicyclic) bond motifs is 2. The van der Waals surface area contributed by atoms with E-state index in [0.29, 0.717) is 12.5 Å². The van der Waals surface area contributed by atoms with Crippen molar-refractivity contribution in [2.75, 3.05) is 6.61 Å². The Morgan fingerprint density at radius 1 is 0.833 bits per heavy atom. The van der Waals surface area contributed by atoms with Gasteiger partial charge in [-0.1, -0.05) is 0 Å². The minimum atomic E-state index is 0.123. The molecule has 100 valence electrons. The average Bonchev–Trinajstić information content (AvgIpc) is 3.26. The Morgan fingerprint density at radius 2 is 1.56 bits per heavy atom. The third-order valence-electron chi connectivity index (χ3n) is 5.99. The molecule has 0 N–H and O–H groups in total. The van der Waals surface area contributed by atoms with E-state index >= 15 is 0 Å². The Balaban J connectivity index is 1.23. The van der Waals surface area contributed by atoms with Gasteiger partial charge in [0.2, 0.25) is 0 Å². The van der Waals surface area contributed by atoms with Gasteiger partial charge in [-0.3, -0.25) is 4.79 Å². The summed E-state index contributed by atoms with van der Waals surface area (Å²) in [7, 11) is 0. The highest BCUT2D eigenvalue weighted by atomic mass is 16.5. The molecule has 0 radical (unpaired) electrons. The van der Waals surface area contributed by atoms with Crippen LogP contribution in [-0.4, -0.2) is 12.6 Å². The third-order valence-corrected chi connectivity index (χ3v) is 5.99. The molecule has 0 aliphatic heterocycles. The van der Waals surface area contributed by atoms with Crippen LogP contribution < -0.4 is 0 Å². The average molecular weight is 248 g/mol. The Morgan fingerprint density at radius 3 is 2.28 bits per heavy atom. The predicted molar refractivity (Wildman–Crippen MR) is 68.8 cm³/mol. The second-order valence-corrected chi connectivity index (χ2v) is 7.33. The van der Waals surface area contributed by atoms with Crippen molar-refractivity contribution in [3.8, 4) is 0 Å². The van der Waals surface area contributed by atoms with E-state index in [1.165, 1.54) is 38.5 Å². The summed E-state index contributed by atoms with van der Waals surface area (Å²) in [5, 5.41) is 0. The van der Waals surface area contributed by atoms with Crippen molar-refractivity contribution in [1.82, 2.24) is 0 Å². The normalized spacial score (nSPS) is 48.9. The van der Waals surface area contributed by atoms with Crippen molar-refractivity contribution in [1.29, 1.82) is 0 Å². The Kier molecular flexibility index (Phi) is 2.67. The van der Waals surface area contributed by atoms with E-state index in [4.69, 9.17) is 4.74 Å². The maximum atomic E-state index is 12.1. The maximum Gasteiger partial charge on any atom is 0.308 e. The molecule has 0 amide bonds. The number of carbonyl (C=O) groups excluding carboxylic acids is 1. The van der Waals surface area contributed by atoms with E-state index in [1.54, 1.807) is 0 Å². The summed E-state index contributed by atoms with van der Waals surface area (Å²) in [6.45, 7) is 0.715. The number of carbonyl (C=O) groups is 1. The lowest BCUT2D eigenvalue weighted by atomic mass is 9.88. The van der Waals surface area contributed by atoms with Gasteiger partial charge >= 0.3 is 5.97 Å². The summed E-state index contributed by atoms with van der Waals surface area (Å²) in [6, 6.07) is 0. The fraction of sp³-hybridized carbons (Fsp3) is 0.938. The molecule has 0 heterocycles. The van der Waals surface area contributed by atoms with E-state index < -0.39 is 0 Å². The minimum Gasteiger partial charge on any atom is -0.465 e. The molecule has 6 atom stereocenters. The van der Waals surface area contributed by atoms with Crippen LogP contribution in [-0.2, 0) is 9.53 Å². The van der Waals surface area contributed by atoms with Crippen LogP contribution in [0, 0.1) is 35.5 Å². The molecule has 18 heavy (non-hydrogen) atoms. The first-order valence-corrected chi connectivity index (χ1v) is 7.96. The molecule has 6 unspecified atom stereocenters. The molecule has 0 saturated heterocycles. The second-order valence-electron chi connectivity index (χ2n) is 7.33. The van der Waals surface area contributed by atoms with Crippen LogP contribution >= 0.6 is 0 Å². The standard InChI is InChI=1S/C16H24O2/c17-16(13-4-3-12-7-15(12)8-13)18-9-10-1-2-11-6-14(11)5-10/h10-15H,1-9H2. The number of hydrogen-bond acceptors (Lipinski definition) is 2. The van der Waals surface area contributed by atoms with Crippen molar-refractivity contribution in [3.05, 3.63) is 0 Å². The quantitative estimate of drug-likeness (QED) is 0.715. The summed E-state index contributed by atoms with van der Waals surface area (Å²) in [5.41, 5.74) is 0. The number of ether oxygens (including phenoxy) is 1. The van der Waals surface area contributed by atoms with Gasteiger partial charge in [-0.05, 0) is 81.0 Å². The van der Waals surface area contributed by atoms with Gasteiger partial charge in [0.1, 0.15) is 0 Å². The predicted octanol–water partition coefficient (Wildman–Crippen LogP) is 3.40. The third kappa shape index (κ3) is 2.19. The van der Waals surface area contributed by atoms with E-state index in [-0.39, 0.29) is 11.9 Å². The van der Waals surface area contributed by atoms with Crippen molar-refractivity contribution in [2.45, 2.75) is 51.4 Å². The zero-order valence-corrected chi connectivity index (χ0v) is 11.1. The van der Waals surface area contributed by atoms with E-state index in [1.807, 2.05) is 0 Å². The molecule has 4 saturated carbocycles. The molecule has 2 heteroatoms. The van der Waals surface area contributed by atoms with Gasteiger partial charge in [0, 0.05) is 0 Å². The van der Waals surface area contributed by atoms with Crippen LogP contribution in [0.2, 0.25) is 0 Å². The van der Waals surface area contributed by atoms with Crippen LogP contribution in [0.4, 0.5) is 0 Å². The molecule has 4 rings (SSSR count). The summed E-state index contributed by atoms with van der Waals surface area (Å²) in [6.07, 6.45) is 10.3. The number of rotatable bonds is 3. The smallest absolute Gasteiger partial charge is 0.308 e. The molecular weight excluding hydrogens is 224 g/mol. The van der Waals surface area contributed by atoms with Gasteiger partial charge in [0.15, 0.2) is 0 Å². The molecule has 0 spiro atoms. The molecule has 0 bridgehead atoms. The van der Waals surface area contributed by atoms with E-state index in [2.05, 4.69) is 0 Å².